The summed E-state index contributed by atoms with van der Waals surface area (Å²) in [6.45, 7) is 2.41. The summed E-state index contributed by atoms with van der Waals surface area (Å²) in [5.74, 6) is -0.0967. The molecule has 2 bridgehead atoms. The highest BCUT2D eigenvalue weighted by molar-refractivity contribution is 5.96. The molecule has 1 aromatic heterocycles. The number of rotatable bonds is 2. The van der Waals surface area contributed by atoms with E-state index >= 15 is 0 Å². The van der Waals surface area contributed by atoms with E-state index in [1.54, 1.807) is 11.1 Å². The van der Waals surface area contributed by atoms with Crippen LogP contribution in [0.15, 0.2) is 48.8 Å². The summed E-state index contributed by atoms with van der Waals surface area (Å²) in [5.41, 5.74) is -0.0517. The summed E-state index contributed by atoms with van der Waals surface area (Å²) < 4.78 is 40.6. The molecule has 1 amide bonds. The number of carbonyl (C=O) groups excluding carboxylic acids is 1. The van der Waals surface area contributed by atoms with E-state index in [9.17, 15) is 18.0 Å². The fraction of sp³-hybridized carbons (Fsp3) is 0.455. The number of amides is 1. The van der Waals surface area contributed by atoms with Crippen molar-refractivity contribution in [2.75, 3.05) is 19.6 Å². The zero-order valence-electron chi connectivity index (χ0n) is 15.8. The maximum Gasteiger partial charge on any atom is 0.417 e. The molecule has 152 valence electrons. The Hall–Kier alpha value is -2.41. The minimum absolute atomic E-state index is 0.0449. The van der Waals surface area contributed by atoms with Crippen molar-refractivity contribution < 1.29 is 18.0 Å². The summed E-state index contributed by atoms with van der Waals surface area (Å²) >= 11 is 0. The molecule has 5 heterocycles. The summed E-state index contributed by atoms with van der Waals surface area (Å²) in [4.78, 5) is 21.8. The summed E-state index contributed by atoms with van der Waals surface area (Å²) in [7, 11) is 0. The molecule has 0 radical (unpaired) electrons. The molecule has 4 saturated heterocycles. The van der Waals surface area contributed by atoms with Gasteiger partial charge in [-0.25, -0.2) is 0 Å². The monoisotopic (exact) mass is 401 g/mol. The Kier molecular flexibility index (Phi) is 4.38. The number of hydrogen-bond donors (Lipinski definition) is 0. The fourth-order valence-corrected chi connectivity index (χ4v) is 5.61. The van der Waals surface area contributed by atoms with E-state index in [4.69, 9.17) is 0 Å². The van der Waals surface area contributed by atoms with Gasteiger partial charge >= 0.3 is 6.18 Å². The summed E-state index contributed by atoms with van der Waals surface area (Å²) in [5, 5.41) is 0. The summed E-state index contributed by atoms with van der Waals surface area (Å²) in [6, 6.07) is 9.13. The topological polar surface area (TPSA) is 36.4 Å². The molecule has 4 aliphatic heterocycles. The third-order valence-corrected chi connectivity index (χ3v) is 6.83. The van der Waals surface area contributed by atoms with Crippen LogP contribution < -0.4 is 0 Å². The maximum atomic E-state index is 13.5. The zero-order chi connectivity index (χ0) is 20.2. The number of benzene rings is 1. The van der Waals surface area contributed by atoms with E-state index in [1.807, 2.05) is 18.3 Å². The minimum atomic E-state index is -4.55. The van der Waals surface area contributed by atoms with Gasteiger partial charge in [-0.3, -0.25) is 14.7 Å². The van der Waals surface area contributed by atoms with E-state index in [-0.39, 0.29) is 23.6 Å². The number of aromatic nitrogens is 1. The lowest BCUT2D eigenvalue weighted by Gasteiger charge is -2.51. The smallest absolute Gasteiger partial charge is 0.333 e. The van der Waals surface area contributed by atoms with Crippen LogP contribution in [-0.2, 0) is 6.18 Å². The lowest BCUT2D eigenvalue weighted by molar-refractivity contribution is -0.138. The largest absolute Gasteiger partial charge is 0.417 e. The molecule has 0 aliphatic carbocycles. The Balaban J connectivity index is 1.55. The second-order valence-corrected chi connectivity index (χ2v) is 8.25. The van der Waals surface area contributed by atoms with Gasteiger partial charge in [-0.05, 0) is 55.6 Å². The Morgan fingerprint density at radius 2 is 1.79 bits per heavy atom. The lowest BCUT2D eigenvalue weighted by Crippen LogP contribution is -2.60. The van der Waals surface area contributed by atoms with Gasteiger partial charge in [0.05, 0.1) is 17.2 Å². The SMILES string of the molecule is O=C(c1ccccc1C(F)(F)F)N1CC(c2cccnc2)C2C1C1CCN2CC1. The molecule has 0 spiro atoms. The van der Waals surface area contributed by atoms with Crippen molar-refractivity contribution in [3.63, 3.8) is 0 Å². The van der Waals surface area contributed by atoms with E-state index in [0.717, 1.165) is 37.6 Å². The Morgan fingerprint density at radius 1 is 1.03 bits per heavy atom. The average Bonchev–Trinajstić information content (AvgIpc) is 3.17. The molecule has 3 atom stereocenters. The molecule has 4 nitrogen and oxygen atoms in total. The van der Waals surface area contributed by atoms with Crippen LogP contribution >= 0.6 is 0 Å². The minimum Gasteiger partial charge on any atom is -0.333 e. The molecule has 1 aromatic carbocycles. The van der Waals surface area contributed by atoms with Gasteiger partial charge in [-0.2, -0.15) is 13.2 Å². The molecule has 0 saturated carbocycles. The predicted octanol–water partition coefficient (Wildman–Crippen LogP) is 3.80. The number of halogens is 3. The first kappa shape index (κ1) is 18.6. The molecule has 4 fully saturated rings. The summed E-state index contributed by atoms with van der Waals surface area (Å²) in [6.07, 6.45) is 0.967. The number of pyridine rings is 1. The van der Waals surface area contributed by atoms with Crippen molar-refractivity contribution in [2.24, 2.45) is 5.92 Å². The number of fused-ring (bicyclic) bond motifs is 2. The molecule has 7 heteroatoms. The number of nitrogens with zero attached hydrogens (tertiary/aromatic N) is 3. The number of piperidine rings is 3. The molecule has 6 rings (SSSR count). The average molecular weight is 401 g/mol. The van der Waals surface area contributed by atoms with Crippen molar-refractivity contribution in [3.05, 3.63) is 65.5 Å². The molecule has 2 aromatic rings. The third kappa shape index (κ3) is 3.03. The van der Waals surface area contributed by atoms with E-state index < -0.39 is 17.6 Å². The first-order valence-electron chi connectivity index (χ1n) is 10.1. The normalized spacial score (nSPS) is 31.0. The van der Waals surface area contributed by atoms with E-state index in [2.05, 4.69) is 9.88 Å². The molecular weight excluding hydrogens is 379 g/mol. The molecular formula is C22H22F3N3O. The number of alkyl halides is 3. The van der Waals surface area contributed by atoms with Gasteiger partial charge in [-0.1, -0.05) is 18.2 Å². The number of carbonyl (C=O) groups is 1. The van der Waals surface area contributed by atoms with E-state index in [0.29, 0.717) is 12.5 Å². The van der Waals surface area contributed by atoms with Crippen LogP contribution in [0.2, 0.25) is 0 Å². The van der Waals surface area contributed by atoms with Crippen LogP contribution in [0.5, 0.6) is 0 Å². The van der Waals surface area contributed by atoms with E-state index in [1.165, 1.54) is 18.2 Å². The molecule has 3 unspecified atom stereocenters. The zero-order valence-corrected chi connectivity index (χ0v) is 15.8. The van der Waals surface area contributed by atoms with Crippen molar-refractivity contribution in [1.29, 1.82) is 0 Å². The standard InChI is InChI=1S/C22H22F3N3O/c23-22(24,25)18-6-2-1-5-16(18)21(29)28-13-17(15-4-3-9-26-12-15)20-19(28)14-7-10-27(20)11-8-14/h1-6,9,12,14,17,19-20H,7-8,10-11,13H2. The molecule has 29 heavy (non-hydrogen) atoms. The first-order chi connectivity index (χ1) is 13.9. The number of likely N-dealkylation sites (tertiary alicyclic amines) is 1. The van der Waals surface area contributed by atoms with Crippen molar-refractivity contribution in [3.8, 4) is 0 Å². The highest BCUT2D eigenvalue weighted by atomic mass is 19.4. The molecule has 4 aliphatic rings. The van der Waals surface area contributed by atoms with Gasteiger partial charge < -0.3 is 4.90 Å². The van der Waals surface area contributed by atoms with Crippen LogP contribution in [0.1, 0.15) is 40.2 Å². The quantitative estimate of drug-likeness (QED) is 0.768. The van der Waals surface area contributed by atoms with Gasteiger partial charge in [0.1, 0.15) is 0 Å². The second kappa shape index (κ2) is 6.83. The molecule has 0 N–H and O–H groups in total. The first-order valence-corrected chi connectivity index (χ1v) is 10.1. The second-order valence-electron chi connectivity index (χ2n) is 8.25. The third-order valence-electron chi connectivity index (χ3n) is 6.83. The van der Waals surface area contributed by atoms with Gasteiger partial charge in [0, 0.05) is 30.9 Å². The van der Waals surface area contributed by atoms with Gasteiger partial charge in [0.15, 0.2) is 0 Å². The van der Waals surface area contributed by atoms with Gasteiger partial charge in [0.25, 0.3) is 5.91 Å². The Labute approximate surface area is 167 Å². The van der Waals surface area contributed by atoms with Gasteiger partial charge in [-0.15, -0.1) is 0 Å². The van der Waals surface area contributed by atoms with Crippen LogP contribution in [0.25, 0.3) is 0 Å². The van der Waals surface area contributed by atoms with Crippen LogP contribution in [-0.4, -0.2) is 52.4 Å². The highest BCUT2D eigenvalue weighted by Gasteiger charge is 2.55. The van der Waals surface area contributed by atoms with Crippen molar-refractivity contribution in [2.45, 2.75) is 37.0 Å². The highest BCUT2D eigenvalue weighted by Crippen LogP contribution is 2.47. The van der Waals surface area contributed by atoms with Crippen molar-refractivity contribution in [1.82, 2.24) is 14.8 Å². The van der Waals surface area contributed by atoms with Crippen LogP contribution in [0.3, 0.4) is 0 Å². The number of hydrogen-bond acceptors (Lipinski definition) is 3. The van der Waals surface area contributed by atoms with Crippen LogP contribution in [0.4, 0.5) is 13.2 Å². The van der Waals surface area contributed by atoms with Crippen molar-refractivity contribution >= 4 is 5.91 Å². The maximum absolute atomic E-state index is 13.5. The Morgan fingerprint density at radius 3 is 2.48 bits per heavy atom. The van der Waals surface area contributed by atoms with Gasteiger partial charge in [0.2, 0.25) is 0 Å². The van der Waals surface area contributed by atoms with Crippen LogP contribution in [0, 0.1) is 5.92 Å². The fourth-order valence-electron chi connectivity index (χ4n) is 5.61. The Bertz CT molecular complexity index is 909. The lowest BCUT2D eigenvalue weighted by atomic mass is 9.75. The predicted molar refractivity (Wildman–Crippen MR) is 101 cm³/mol.